The third kappa shape index (κ3) is 3.10. The molecule has 2 aliphatic rings. The van der Waals surface area contributed by atoms with E-state index >= 15 is 0 Å². The molecule has 0 spiro atoms. The molecular weight excluding hydrogens is 252 g/mol. The Morgan fingerprint density at radius 2 is 2.05 bits per heavy atom. The molecule has 2 saturated heterocycles. The molecule has 110 valence electrons. The summed E-state index contributed by atoms with van der Waals surface area (Å²) in [6.45, 7) is 10.3. The molecule has 2 aliphatic heterocycles. The van der Waals surface area contributed by atoms with Crippen molar-refractivity contribution < 1.29 is 4.74 Å². The Labute approximate surface area is 121 Å². The van der Waals surface area contributed by atoms with Gasteiger partial charge >= 0.3 is 0 Å². The third-order valence-corrected chi connectivity index (χ3v) is 4.21. The lowest BCUT2D eigenvalue weighted by Gasteiger charge is -2.36. The Kier molecular flexibility index (Phi) is 4.17. The first kappa shape index (κ1) is 13.8. The van der Waals surface area contributed by atoms with Crippen LogP contribution in [0, 0.1) is 13.8 Å². The van der Waals surface area contributed by atoms with Gasteiger partial charge in [0.05, 0.1) is 17.5 Å². The van der Waals surface area contributed by atoms with Gasteiger partial charge in [-0.15, -0.1) is 0 Å². The standard InChI is InChI=1S/C15H24N4O/c1-12-10-16-13(2)15(17-12)19-7-5-18(6-8-19)11-14-4-3-9-20-14/h10,14H,3-9,11H2,1-2H3. The summed E-state index contributed by atoms with van der Waals surface area (Å²) >= 11 is 0. The van der Waals surface area contributed by atoms with E-state index in [0.29, 0.717) is 6.10 Å². The van der Waals surface area contributed by atoms with Crippen molar-refractivity contribution in [1.82, 2.24) is 14.9 Å². The average Bonchev–Trinajstić information content (AvgIpc) is 2.95. The zero-order valence-electron chi connectivity index (χ0n) is 12.5. The lowest BCUT2D eigenvalue weighted by molar-refractivity contribution is 0.0712. The monoisotopic (exact) mass is 276 g/mol. The van der Waals surface area contributed by atoms with Crippen LogP contribution in [0.1, 0.15) is 24.2 Å². The molecule has 1 unspecified atom stereocenters. The van der Waals surface area contributed by atoms with Crippen LogP contribution in [0.15, 0.2) is 6.20 Å². The number of hydrogen-bond donors (Lipinski definition) is 0. The maximum Gasteiger partial charge on any atom is 0.150 e. The molecule has 0 N–H and O–H groups in total. The van der Waals surface area contributed by atoms with Gasteiger partial charge in [-0.2, -0.15) is 0 Å². The van der Waals surface area contributed by atoms with Gasteiger partial charge in [0, 0.05) is 45.5 Å². The zero-order valence-corrected chi connectivity index (χ0v) is 12.5. The van der Waals surface area contributed by atoms with Crippen molar-refractivity contribution in [3.05, 3.63) is 17.6 Å². The summed E-state index contributed by atoms with van der Waals surface area (Å²) in [7, 11) is 0. The van der Waals surface area contributed by atoms with Gasteiger partial charge in [-0.3, -0.25) is 9.88 Å². The largest absolute Gasteiger partial charge is 0.377 e. The minimum absolute atomic E-state index is 0.460. The summed E-state index contributed by atoms with van der Waals surface area (Å²) in [6.07, 6.45) is 4.75. The summed E-state index contributed by atoms with van der Waals surface area (Å²) in [4.78, 5) is 13.9. The first-order chi connectivity index (χ1) is 9.72. The van der Waals surface area contributed by atoms with Crippen molar-refractivity contribution >= 4 is 5.82 Å². The van der Waals surface area contributed by atoms with Crippen LogP contribution in [0.2, 0.25) is 0 Å². The van der Waals surface area contributed by atoms with Crippen LogP contribution in [0.5, 0.6) is 0 Å². The number of aryl methyl sites for hydroxylation is 2. The van der Waals surface area contributed by atoms with Gasteiger partial charge in [0.2, 0.25) is 0 Å². The number of nitrogens with zero attached hydrogens (tertiary/aromatic N) is 4. The van der Waals surface area contributed by atoms with E-state index in [1.807, 2.05) is 20.0 Å². The SMILES string of the molecule is Cc1cnc(C)c(N2CCN(CC3CCCO3)CC2)n1. The molecule has 20 heavy (non-hydrogen) atoms. The second-order valence-electron chi connectivity index (χ2n) is 5.84. The first-order valence-corrected chi connectivity index (χ1v) is 7.61. The molecule has 5 nitrogen and oxygen atoms in total. The molecule has 3 rings (SSSR count). The second-order valence-corrected chi connectivity index (χ2v) is 5.84. The average molecular weight is 276 g/mol. The maximum atomic E-state index is 5.72. The van der Waals surface area contributed by atoms with Crippen LogP contribution >= 0.6 is 0 Å². The summed E-state index contributed by atoms with van der Waals surface area (Å²) in [5.74, 6) is 1.06. The van der Waals surface area contributed by atoms with Gasteiger partial charge in [0.15, 0.2) is 0 Å². The van der Waals surface area contributed by atoms with Crippen LogP contribution in [-0.2, 0) is 4.74 Å². The van der Waals surface area contributed by atoms with Crippen LogP contribution in [-0.4, -0.2) is 60.3 Å². The van der Waals surface area contributed by atoms with Gasteiger partial charge in [-0.05, 0) is 26.7 Å². The third-order valence-electron chi connectivity index (χ3n) is 4.21. The van der Waals surface area contributed by atoms with E-state index in [1.54, 1.807) is 0 Å². The Morgan fingerprint density at radius 3 is 2.75 bits per heavy atom. The van der Waals surface area contributed by atoms with E-state index in [1.165, 1.54) is 12.8 Å². The van der Waals surface area contributed by atoms with Crippen molar-refractivity contribution in [3.8, 4) is 0 Å². The van der Waals surface area contributed by atoms with E-state index in [-0.39, 0.29) is 0 Å². The predicted molar refractivity (Wildman–Crippen MR) is 79.1 cm³/mol. The Morgan fingerprint density at radius 1 is 1.25 bits per heavy atom. The van der Waals surface area contributed by atoms with E-state index < -0.39 is 0 Å². The topological polar surface area (TPSA) is 41.5 Å². The highest BCUT2D eigenvalue weighted by atomic mass is 16.5. The Bertz CT molecular complexity index is 451. The fourth-order valence-corrected chi connectivity index (χ4v) is 3.04. The van der Waals surface area contributed by atoms with Crippen LogP contribution in [0.4, 0.5) is 5.82 Å². The van der Waals surface area contributed by atoms with Crippen molar-refractivity contribution in [2.45, 2.75) is 32.8 Å². The Hall–Kier alpha value is -1.20. The maximum absolute atomic E-state index is 5.72. The molecular formula is C15H24N4O. The molecule has 1 atom stereocenters. The molecule has 3 heterocycles. The fraction of sp³-hybridized carbons (Fsp3) is 0.733. The molecule has 0 amide bonds. The van der Waals surface area contributed by atoms with Crippen LogP contribution in [0.3, 0.4) is 0 Å². The Balaban J connectivity index is 1.56. The van der Waals surface area contributed by atoms with Crippen molar-refractivity contribution in [2.75, 3.05) is 44.2 Å². The minimum atomic E-state index is 0.460. The summed E-state index contributed by atoms with van der Waals surface area (Å²) < 4.78 is 5.72. The lowest BCUT2D eigenvalue weighted by Crippen LogP contribution is -2.49. The van der Waals surface area contributed by atoms with E-state index in [9.17, 15) is 0 Å². The molecule has 0 radical (unpaired) electrons. The molecule has 0 aromatic carbocycles. The molecule has 0 bridgehead atoms. The fourth-order valence-electron chi connectivity index (χ4n) is 3.04. The number of piperazine rings is 1. The van der Waals surface area contributed by atoms with Crippen molar-refractivity contribution in [1.29, 1.82) is 0 Å². The number of ether oxygens (including phenoxy) is 1. The molecule has 0 saturated carbocycles. The van der Waals surface area contributed by atoms with Crippen LogP contribution < -0.4 is 4.90 Å². The highest BCUT2D eigenvalue weighted by molar-refractivity contribution is 5.43. The summed E-state index contributed by atoms with van der Waals surface area (Å²) in [5, 5.41) is 0. The first-order valence-electron chi connectivity index (χ1n) is 7.61. The zero-order chi connectivity index (χ0) is 13.9. The number of rotatable bonds is 3. The molecule has 2 fully saturated rings. The van der Waals surface area contributed by atoms with Crippen molar-refractivity contribution in [2.24, 2.45) is 0 Å². The molecule has 0 aliphatic carbocycles. The predicted octanol–water partition coefficient (Wildman–Crippen LogP) is 1.39. The number of hydrogen-bond acceptors (Lipinski definition) is 5. The molecule has 5 heteroatoms. The number of anilines is 1. The van der Waals surface area contributed by atoms with Gasteiger partial charge in [-0.1, -0.05) is 0 Å². The smallest absolute Gasteiger partial charge is 0.150 e. The van der Waals surface area contributed by atoms with Crippen LogP contribution in [0.25, 0.3) is 0 Å². The normalized spacial score (nSPS) is 24.3. The van der Waals surface area contributed by atoms with E-state index in [0.717, 1.165) is 56.5 Å². The lowest BCUT2D eigenvalue weighted by atomic mass is 10.2. The molecule has 1 aromatic heterocycles. The van der Waals surface area contributed by atoms with E-state index in [4.69, 9.17) is 4.74 Å². The summed E-state index contributed by atoms with van der Waals surface area (Å²) in [5.41, 5.74) is 2.02. The second kappa shape index (κ2) is 6.06. The minimum Gasteiger partial charge on any atom is -0.377 e. The summed E-state index contributed by atoms with van der Waals surface area (Å²) in [6, 6.07) is 0. The van der Waals surface area contributed by atoms with Gasteiger partial charge in [-0.25, -0.2) is 4.98 Å². The highest BCUT2D eigenvalue weighted by Gasteiger charge is 2.24. The highest BCUT2D eigenvalue weighted by Crippen LogP contribution is 2.19. The van der Waals surface area contributed by atoms with Gasteiger partial charge in [0.1, 0.15) is 5.82 Å². The van der Waals surface area contributed by atoms with Crippen molar-refractivity contribution in [3.63, 3.8) is 0 Å². The van der Waals surface area contributed by atoms with E-state index in [2.05, 4.69) is 19.8 Å². The molecule has 1 aromatic rings. The van der Waals surface area contributed by atoms with Gasteiger partial charge in [0.25, 0.3) is 0 Å². The van der Waals surface area contributed by atoms with Gasteiger partial charge < -0.3 is 9.64 Å². The number of aromatic nitrogens is 2. The quantitative estimate of drug-likeness (QED) is 0.834.